The van der Waals surface area contributed by atoms with E-state index in [4.69, 9.17) is 4.42 Å². The lowest BCUT2D eigenvalue weighted by molar-refractivity contribution is -0.117. The molecule has 0 aliphatic carbocycles. The summed E-state index contributed by atoms with van der Waals surface area (Å²) in [5, 5.41) is 6.08. The van der Waals surface area contributed by atoms with E-state index in [9.17, 15) is 9.59 Å². The van der Waals surface area contributed by atoms with Crippen LogP contribution in [0.1, 0.15) is 21.7 Å². The first kappa shape index (κ1) is 15.0. The molecule has 2 aliphatic rings. The van der Waals surface area contributed by atoms with E-state index in [1.807, 2.05) is 24.3 Å². The number of hydrogen-bond acceptors (Lipinski definition) is 4. The van der Waals surface area contributed by atoms with Crippen LogP contribution in [-0.2, 0) is 17.8 Å². The van der Waals surface area contributed by atoms with Gasteiger partial charge in [0.15, 0.2) is 5.76 Å². The fraction of sp³-hybridized carbons (Fsp3) is 0.333. The highest BCUT2D eigenvalue weighted by atomic mass is 16.3. The van der Waals surface area contributed by atoms with Crippen LogP contribution in [0.5, 0.6) is 0 Å². The van der Waals surface area contributed by atoms with Gasteiger partial charge in [-0.1, -0.05) is 18.2 Å². The van der Waals surface area contributed by atoms with Crippen LogP contribution in [0.4, 0.5) is 5.69 Å². The second-order valence-corrected chi connectivity index (χ2v) is 6.29. The summed E-state index contributed by atoms with van der Waals surface area (Å²) in [6, 6.07) is 9.50. The zero-order chi connectivity index (χ0) is 16.5. The van der Waals surface area contributed by atoms with Crippen molar-refractivity contribution in [1.29, 1.82) is 0 Å². The number of furan rings is 1. The molecule has 0 atom stereocenters. The van der Waals surface area contributed by atoms with Crippen molar-refractivity contribution in [2.75, 3.05) is 24.5 Å². The Morgan fingerprint density at radius 3 is 2.92 bits per heavy atom. The van der Waals surface area contributed by atoms with Crippen molar-refractivity contribution < 1.29 is 14.0 Å². The molecule has 0 radical (unpaired) electrons. The van der Waals surface area contributed by atoms with Crippen LogP contribution in [0.15, 0.2) is 41.0 Å². The highest BCUT2D eigenvalue weighted by Gasteiger charge is 2.29. The van der Waals surface area contributed by atoms with E-state index >= 15 is 0 Å². The van der Waals surface area contributed by atoms with E-state index in [1.54, 1.807) is 11.0 Å². The van der Waals surface area contributed by atoms with Gasteiger partial charge in [-0.3, -0.25) is 9.59 Å². The fourth-order valence-corrected chi connectivity index (χ4v) is 3.13. The number of fused-ring (bicyclic) bond motifs is 1. The number of amides is 2. The topological polar surface area (TPSA) is 74.6 Å². The third-order valence-electron chi connectivity index (χ3n) is 4.62. The predicted octanol–water partition coefficient (Wildman–Crippen LogP) is 1.32. The van der Waals surface area contributed by atoms with Gasteiger partial charge in [-0.15, -0.1) is 0 Å². The summed E-state index contributed by atoms with van der Waals surface area (Å²) in [6.45, 7) is 2.85. The molecule has 2 aromatic rings. The third kappa shape index (κ3) is 2.69. The molecule has 1 saturated heterocycles. The van der Waals surface area contributed by atoms with Gasteiger partial charge >= 0.3 is 0 Å². The molecule has 6 heteroatoms. The van der Waals surface area contributed by atoms with Gasteiger partial charge in [0.25, 0.3) is 5.91 Å². The predicted molar refractivity (Wildman–Crippen MR) is 88.7 cm³/mol. The average molecular weight is 325 g/mol. The zero-order valence-corrected chi connectivity index (χ0v) is 13.2. The maximum atomic E-state index is 12.3. The number of carbonyl (C=O) groups excluding carboxylic acids is 2. The Morgan fingerprint density at radius 1 is 1.29 bits per heavy atom. The third-order valence-corrected chi connectivity index (χ3v) is 4.62. The molecular weight excluding hydrogens is 306 g/mol. The molecule has 1 aromatic heterocycles. The average Bonchev–Trinajstić information content (AvgIpc) is 3.11. The summed E-state index contributed by atoms with van der Waals surface area (Å²) < 4.78 is 5.38. The molecule has 0 saturated carbocycles. The Labute approximate surface area is 139 Å². The van der Waals surface area contributed by atoms with Gasteiger partial charge in [-0.05, 0) is 17.7 Å². The Morgan fingerprint density at radius 2 is 2.12 bits per heavy atom. The molecule has 24 heavy (non-hydrogen) atoms. The molecule has 2 N–H and O–H groups in total. The molecule has 2 amide bonds. The van der Waals surface area contributed by atoms with Gasteiger partial charge in [0.05, 0.1) is 19.2 Å². The lowest BCUT2D eigenvalue weighted by Gasteiger charge is -2.27. The lowest BCUT2D eigenvalue weighted by atomic mass is 10.0. The molecule has 0 unspecified atom stereocenters. The highest BCUT2D eigenvalue weighted by Crippen LogP contribution is 2.30. The van der Waals surface area contributed by atoms with Crippen LogP contribution in [-0.4, -0.2) is 31.4 Å². The van der Waals surface area contributed by atoms with Crippen LogP contribution >= 0.6 is 0 Å². The minimum atomic E-state index is -0.221. The van der Waals surface area contributed by atoms with Crippen molar-refractivity contribution in [2.45, 2.75) is 13.0 Å². The molecule has 4 rings (SSSR count). The summed E-state index contributed by atoms with van der Waals surface area (Å²) in [5.41, 5.74) is 2.66. The summed E-state index contributed by atoms with van der Waals surface area (Å²) in [4.78, 5) is 26.3. The minimum Gasteiger partial charge on any atom is -0.459 e. The molecule has 2 aliphatic heterocycles. The fourth-order valence-electron chi connectivity index (χ4n) is 3.13. The number of hydrogen-bond donors (Lipinski definition) is 2. The van der Waals surface area contributed by atoms with E-state index in [-0.39, 0.29) is 11.8 Å². The Kier molecular flexibility index (Phi) is 3.82. The standard InChI is InChI=1S/C18H19N3O3/c22-16-7-13-3-1-2-4-15(13)21(16)11-14-5-6-24-17(14)18(23)20-10-12-8-19-9-12/h1-6,12,19H,7-11H2,(H,20,23). The molecule has 1 fully saturated rings. The maximum absolute atomic E-state index is 12.3. The van der Waals surface area contributed by atoms with Crippen LogP contribution in [0.3, 0.4) is 0 Å². The van der Waals surface area contributed by atoms with Crippen molar-refractivity contribution >= 4 is 17.5 Å². The molecule has 6 nitrogen and oxygen atoms in total. The van der Waals surface area contributed by atoms with Gasteiger partial charge in [0, 0.05) is 36.8 Å². The Balaban J connectivity index is 1.48. The zero-order valence-electron chi connectivity index (χ0n) is 13.2. The van der Waals surface area contributed by atoms with Gasteiger partial charge < -0.3 is 20.0 Å². The quantitative estimate of drug-likeness (QED) is 0.869. The van der Waals surface area contributed by atoms with E-state index in [0.29, 0.717) is 31.2 Å². The van der Waals surface area contributed by atoms with E-state index < -0.39 is 0 Å². The van der Waals surface area contributed by atoms with Crippen LogP contribution in [0.25, 0.3) is 0 Å². The SMILES string of the molecule is O=C(NCC1CNC1)c1occc1CN1C(=O)Cc2ccccc21. The maximum Gasteiger partial charge on any atom is 0.287 e. The van der Waals surface area contributed by atoms with Crippen LogP contribution in [0.2, 0.25) is 0 Å². The first-order valence-corrected chi connectivity index (χ1v) is 8.16. The van der Waals surface area contributed by atoms with Gasteiger partial charge in [-0.2, -0.15) is 0 Å². The van der Waals surface area contributed by atoms with E-state index in [2.05, 4.69) is 10.6 Å². The van der Waals surface area contributed by atoms with E-state index in [0.717, 1.165) is 29.9 Å². The number of anilines is 1. The second-order valence-electron chi connectivity index (χ2n) is 6.29. The normalized spacial score (nSPS) is 16.8. The van der Waals surface area contributed by atoms with E-state index in [1.165, 1.54) is 6.26 Å². The van der Waals surface area contributed by atoms with Crippen molar-refractivity contribution in [2.24, 2.45) is 5.92 Å². The highest BCUT2D eigenvalue weighted by molar-refractivity contribution is 6.01. The number of nitrogens with one attached hydrogen (secondary N) is 2. The van der Waals surface area contributed by atoms with Crippen LogP contribution in [0, 0.1) is 5.92 Å². The van der Waals surface area contributed by atoms with Crippen molar-refractivity contribution in [3.63, 3.8) is 0 Å². The summed E-state index contributed by atoms with van der Waals surface area (Å²) >= 11 is 0. The number of benzene rings is 1. The van der Waals surface area contributed by atoms with Crippen LogP contribution < -0.4 is 15.5 Å². The molecule has 0 bridgehead atoms. The van der Waals surface area contributed by atoms with Gasteiger partial charge in [-0.25, -0.2) is 0 Å². The van der Waals surface area contributed by atoms with Gasteiger partial charge in [0.1, 0.15) is 0 Å². The number of carbonyl (C=O) groups is 2. The largest absolute Gasteiger partial charge is 0.459 e. The summed E-state index contributed by atoms with van der Waals surface area (Å²) in [6.07, 6.45) is 1.91. The molecule has 0 spiro atoms. The minimum absolute atomic E-state index is 0.0456. The van der Waals surface area contributed by atoms with Gasteiger partial charge in [0.2, 0.25) is 5.91 Å². The smallest absolute Gasteiger partial charge is 0.287 e. The van der Waals surface area contributed by atoms with Crippen molar-refractivity contribution in [1.82, 2.24) is 10.6 Å². The molecule has 3 heterocycles. The number of rotatable bonds is 5. The summed E-state index contributed by atoms with van der Waals surface area (Å²) in [7, 11) is 0. The Hall–Kier alpha value is -2.60. The second kappa shape index (κ2) is 6.13. The lowest BCUT2D eigenvalue weighted by Crippen LogP contribution is -2.48. The van der Waals surface area contributed by atoms with Crippen molar-refractivity contribution in [3.05, 3.63) is 53.5 Å². The van der Waals surface area contributed by atoms with Crippen molar-refractivity contribution in [3.8, 4) is 0 Å². The molecule has 124 valence electrons. The first-order chi connectivity index (χ1) is 11.7. The number of para-hydroxylation sites is 1. The Bertz CT molecular complexity index is 779. The number of nitrogens with zero attached hydrogens (tertiary/aromatic N) is 1. The summed E-state index contributed by atoms with van der Waals surface area (Å²) in [5.74, 6) is 0.602. The molecule has 1 aromatic carbocycles. The monoisotopic (exact) mass is 325 g/mol. The molecular formula is C18H19N3O3. The first-order valence-electron chi connectivity index (χ1n) is 8.16.